The first kappa shape index (κ1) is 22.3. The van der Waals surface area contributed by atoms with Crippen LogP contribution in [-0.2, 0) is 10.5 Å². The van der Waals surface area contributed by atoms with E-state index in [1.807, 2.05) is 41.3 Å². The maximum atomic E-state index is 13.2. The molecule has 1 fully saturated rings. The molecule has 0 saturated carbocycles. The van der Waals surface area contributed by atoms with Crippen LogP contribution < -0.4 is 0 Å². The first-order valence-corrected chi connectivity index (χ1v) is 12.2. The molecule has 5 rings (SSSR count). The summed E-state index contributed by atoms with van der Waals surface area (Å²) in [7, 11) is 0. The number of carbonyl (C=O) groups excluding carboxylic acids is 1. The fourth-order valence-electron chi connectivity index (χ4n) is 3.91. The summed E-state index contributed by atoms with van der Waals surface area (Å²) in [6.07, 6.45) is 3.51. The molecule has 0 atom stereocenters. The number of hydrogen-bond acceptors (Lipinski definition) is 6. The molecule has 7 nitrogen and oxygen atoms in total. The molecule has 1 aliphatic rings. The number of amides is 1. The van der Waals surface area contributed by atoms with Crippen molar-refractivity contribution < 1.29 is 9.53 Å². The summed E-state index contributed by atoms with van der Waals surface area (Å²) in [4.78, 5) is 19.2. The number of morpholine rings is 1. The predicted octanol–water partition coefficient (Wildman–Crippen LogP) is 4.40. The third-order valence-corrected chi connectivity index (χ3v) is 6.74. The Morgan fingerprint density at radius 2 is 1.71 bits per heavy atom. The number of ether oxygens (including phenoxy) is 1. The minimum Gasteiger partial charge on any atom is -0.378 e. The van der Waals surface area contributed by atoms with Gasteiger partial charge in [0.05, 0.1) is 13.2 Å². The Labute approximate surface area is 202 Å². The standard InChI is InChI=1S/C26H25N5O2S/c1-19-6-8-22(9-7-19)31-24(20-10-12-27-13-11-20)28-29-26(31)34-18-21-4-2-3-5-23(21)25(32)30-14-16-33-17-15-30/h2-13H,14-18H2,1H3. The van der Waals surface area contributed by atoms with Gasteiger partial charge in [-0.25, -0.2) is 0 Å². The summed E-state index contributed by atoms with van der Waals surface area (Å²) in [5.74, 6) is 1.41. The minimum atomic E-state index is 0.0528. The van der Waals surface area contributed by atoms with E-state index >= 15 is 0 Å². The molecule has 0 radical (unpaired) electrons. The predicted molar refractivity (Wildman–Crippen MR) is 132 cm³/mol. The van der Waals surface area contributed by atoms with Crippen molar-refractivity contribution in [2.75, 3.05) is 26.3 Å². The summed E-state index contributed by atoms with van der Waals surface area (Å²) in [6.45, 7) is 4.48. The number of benzene rings is 2. The molecule has 34 heavy (non-hydrogen) atoms. The van der Waals surface area contributed by atoms with Gasteiger partial charge in [0.1, 0.15) is 0 Å². The van der Waals surface area contributed by atoms with Gasteiger partial charge in [-0.05, 0) is 42.8 Å². The maximum Gasteiger partial charge on any atom is 0.254 e. The lowest BCUT2D eigenvalue weighted by molar-refractivity contribution is 0.0302. The second-order valence-electron chi connectivity index (χ2n) is 8.06. The van der Waals surface area contributed by atoms with Gasteiger partial charge in [0, 0.05) is 48.1 Å². The molecule has 1 amide bonds. The Morgan fingerprint density at radius 1 is 0.971 bits per heavy atom. The van der Waals surface area contributed by atoms with Crippen LogP contribution in [0.3, 0.4) is 0 Å². The van der Waals surface area contributed by atoms with Gasteiger partial charge < -0.3 is 9.64 Å². The third kappa shape index (κ3) is 4.73. The van der Waals surface area contributed by atoms with E-state index in [2.05, 4.69) is 50.9 Å². The van der Waals surface area contributed by atoms with E-state index in [0.29, 0.717) is 32.1 Å². The second kappa shape index (κ2) is 10.2. The fraction of sp³-hybridized carbons (Fsp3) is 0.231. The molecule has 1 saturated heterocycles. The summed E-state index contributed by atoms with van der Waals surface area (Å²) in [5.41, 5.74) is 4.83. The van der Waals surface area contributed by atoms with E-state index < -0.39 is 0 Å². The van der Waals surface area contributed by atoms with Crippen LogP contribution >= 0.6 is 11.8 Å². The van der Waals surface area contributed by atoms with Crippen molar-refractivity contribution in [3.8, 4) is 17.1 Å². The Morgan fingerprint density at radius 3 is 2.47 bits per heavy atom. The number of aryl methyl sites for hydroxylation is 1. The molecule has 2 aromatic carbocycles. The van der Waals surface area contributed by atoms with E-state index in [0.717, 1.165) is 33.4 Å². The number of carbonyl (C=O) groups is 1. The van der Waals surface area contributed by atoms with Crippen molar-refractivity contribution in [2.45, 2.75) is 17.8 Å². The Balaban J connectivity index is 1.45. The number of thioether (sulfide) groups is 1. The highest BCUT2D eigenvalue weighted by atomic mass is 32.2. The van der Waals surface area contributed by atoms with Crippen molar-refractivity contribution in [2.24, 2.45) is 0 Å². The van der Waals surface area contributed by atoms with Crippen molar-refractivity contribution >= 4 is 17.7 Å². The minimum absolute atomic E-state index is 0.0528. The summed E-state index contributed by atoms with van der Waals surface area (Å²) >= 11 is 1.57. The lowest BCUT2D eigenvalue weighted by Crippen LogP contribution is -2.41. The topological polar surface area (TPSA) is 73.1 Å². The van der Waals surface area contributed by atoms with Gasteiger partial charge in [-0.2, -0.15) is 0 Å². The van der Waals surface area contributed by atoms with Gasteiger partial charge in [-0.1, -0.05) is 47.7 Å². The van der Waals surface area contributed by atoms with Crippen molar-refractivity contribution in [3.05, 3.63) is 89.7 Å². The van der Waals surface area contributed by atoms with Crippen molar-refractivity contribution in [1.82, 2.24) is 24.6 Å². The molecule has 2 aromatic heterocycles. The average molecular weight is 472 g/mol. The molecule has 8 heteroatoms. The Kier molecular flexibility index (Phi) is 6.69. The number of aromatic nitrogens is 4. The van der Waals surface area contributed by atoms with Crippen LogP contribution in [0.4, 0.5) is 0 Å². The van der Waals surface area contributed by atoms with Gasteiger partial charge >= 0.3 is 0 Å². The molecular formula is C26H25N5O2S. The quantitative estimate of drug-likeness (QED) is 0.388. The van der Waals surface area contributed by atoms with Crippen molar-refractivity contribution in [3.63, 3.8) is 0 Å². The zero-order valence-electron chi connectivity index (χ0n) is 18.9. The fourth-order valence-corrected chi connectivity index (χ4v) is 4.87. The molecule has 0 aliphatic carbocycles. The first-order valence-electron chi connectivity index (χ1n) is 11.2. The zero-order chi connectivity index (χ0) is 23.3. The highest BCUT2D eigenvalue weighted by Crippen LogP contribution is 2.30. The highest BCUT2D eigenvalue weighted by Gasteiger charge is 2.22. The highest BCUT2D eigenvalue weighted by molar-refractivity contribution is 7.98. The molecule has 0 N–H and O–H groups in total. The average Bonchev–Trinajstić information content (AvgIpc) is 3.32. The smallest absolute Gasteiger partial charge is 0.254 e. The number of hydrogen-bond donors (Lipinski definition) is 0. The lowest BCUT2D eigenvalue weighted by atomic mass is 10.1. The van der Waals surface area contributed by atoms with Crippen LogP contribution in [0.1, 0.15) is 21.5 Å². The molecule has 0 unspecified atom stereocenters. The molecule has 3 heterocycles. The molecule has 172 valence electrons. The van der Waals surface area contributed by atoms with Crippen LogP contribution in [0.5, 0.6) is 0 Å². The molecular weight excluding hydrogens is 446 g/mol. The normalized spacial score (nSPS) is 13.7. The van der Waals surface area contributed by atoms with Gasteiger partial charge in [0.2, 0.25) is 0 Å². The zero-order valence-corrected chi connectivity index (χ0v) is 19.7. The van der Waals surface area contributed by atoms with Gasteiger partial charge in [0.25, 0.3) is 5.91 Å². The lowest BCUT2D eigenvalue weighted by Gasteiger charge is -2.27. The molecule has 1 aliphatic heterocycles. The van der Waals surface area contributed by atoms with Crippen LogP contribution in [0, 0.1) is 6.92 Å². The van der Waals surface area contributed by atoms with Crippen LogP contribution in [0.15, 0.2) is 78.2 Å². The monoisotopic (exact) mass is 471 g/mol. The van der Waals surface area contributed by atoms with E-state index in [1.54, 1.807) is 24.2 Å². The molecule has 0 spiro atoms. The van der Waals surface area contributed by atoms with Crippen molar-refractivity contribution in [1.29, 1.82) is 0 Å². The van der Waals surface area contributed by atoms with Gasteiger partial charge in [-0.15, -0.1) is 10.2 Å². The third-order valence-electron chi connectivity index (χ3n) is 5.77. The van der Waals surface area contributed by atoms with Crippen LogP contribution in [-0.4, -0.2) is 56.9 Å². The number of pyridine rings is 1. The molecule has 4 aromatic rings. The molecule has 0 bridgehead atoms. The van der Waals surface area contributed by atoms with E-state index in [1.165, 1.54) is 5.56 Å². The van der Waals surface area contributed by atoms with E-state index in [-0.39, 0.29) is 5.91 Å². The van der Waals surface area contributed by atoms with Crippen LogP contribution in [0.25, 0.3) is 17.1 Å². The Hall–Kier alpha value is -3.49. The van der Waals surface area contributed by atoms with Gasteiger partial charge in [0.15, 0.2) is 11.0 Å². The summed E-state index contributed by atoms with van der Waals surface area (Å²) in [5, 5.41) is 9.79. The SMILES string of the molecule is Cc1ccc(-n2c(SCc3ccccc3C(=O)N3CCOCC3)nnc2-c2ccncc2)cc1. The Bertz CT molecular complexity index is 1270. The van der Waals surface area contributed by atoms with Crippen LogP contribution in [0.2, 0.25) is 0 Å². The summed E-state index contributed by atoms with van der Waals surface area (Å²) in [6, 6.07) is 20.0. The van der Waals surface area contributed by atoms with Gasteiger partial charge in [-0.3, -0.25) is 14.3 Å². The first-order chi connectivity index (χ1) is 16.7. The van der Waals surface area contributed by atoms with E-state index in [9.17, 15) is 4.79 Å². The largest absolute Gasteiger partial charge is 0.378 e. The second-order valence-corrected chi connectivity index (χ2v) is 9.01. The van der Waals surface area contributed by atoms with E-state index in [4.69, 9.17) is 4.74 Å². The number of rotatable bonds is 6. The maximum absolute atomic E-state index is 13.2. The summed E-state index contributed by atoms with van der Waals surface area (Å²) < 4.78 is 7.46. The number of nitrogens with zero attached hydrogens (tertiary/aromatic N) is 5.